The maximum Gasteiger partial charge on any atom is 0.306 e. The summed E-state index contributed by atoms with van der Waals surface area (Å²) in [5.74, 6) is -0.520. The third-order valence-corrected chi connectivity index (χ3v) is 12.7. The first-order valence-corrected chi connectivity index (χ1v) is 28.1. The van der Waals surface area contributed by atoms with E-state index in [2.05, 4.69) is 86.8 Å². The van der Waals surface area contributed by atoms with Crippen LogP contribution >= 0.6 is 0 Å². The highest BCUT2D eigenvalue weighted by atomic mass is 16.5. The average molecular weight is 911 g/mol. The summed E-state index contributed by atoms with van der Waals surface area (Å²) in [6, 6.07) is -0.717. The summed E-state index contributed by atoms with van der Waals surface area (Å²) >= 11 is 0. The lowest BCUT2D eigenvalue weighted by Crippen LogP contribution is -2.46. The minimum absolute atomic E-state index is 0.0480. The van der Waals surface area contributed by atoms with Crippen LogP contribution in [-0.2, 0) is 14.3 Å². The molecule has 0 aromatic heterocycles. The van der Waals surface area contributed by atoms with Crippen molar-refractivity contribution in [3.8, 4) is 0 Å². The van der Waals surface area contributed by atoms with Crippen molar-refractivity contribution in [2.75, 3.05) is 6.61 Å². The zero-order chi connectivity index (χ0) is 47.4. The number of amides is 1. The molecule has 0 bridgehead atoms. The number of hydrogen-bond acceptors (Lipinski definition) is 5. The first-order valence-electron chi connectivity index (χ1n) is 28.1. The van der Waals surface area contributed by atoms with Crippen LogP contribution in [0, 0.1) is 0 Å². The molecule has 0 heterocycles. The third kappa shape index (κ3) is 47.8. The molecule has 1 amide bonds. The van der Waals surface area contributed by atoms with E-state index in [0.29, 0.717) is 19.3 Å². The van der Waals surface area contributed by atoms with E-state index in [1.165, 1.54) is 141 Å². The van der Waals surface area contributed by atoms with E-state index in [1.54, 1.807) is 0 Å². The van der Waals surface area contributed by atoms with Gasteiger partial charge in [-0.1, -0.05) is 248 Å². The van der Waals surface area contributed by atoms with Gasteiger partial charge in [-0.2, -0.15) is 0 Å². The van der Waals surface area contributed by atoms with E-state index < -0.39 is 18.2 Å². The van der Waals surface area contributed by atoms with Crippen LogP contribution in [0.15, 0.2) is 60.8 Å². The summed E-state index contributed by atoms with van der Waals surface area (Å²) in [6.45, 7) is 6.46. The topological polar surface area (TPSA) is 95.9 Å². The number of aliphatic hydroxyl groups excluding tert-OH is 2. The summed E-state index contributed by atoms with van der Waals surface area (Å²) in [5.41, 5.74) is 0. The second kappa shape index (κ2) is 52.5. The van der Waals surface area contributed by atoms with E-state index in [-0.39, 0.29) is 24.9 Å². The van der Waals surface area contributed by atoms with Crippen molar-refractivity contribution in [2.45, 2.75) is 296 Å². The Morgan fingerprint density at radius 3 is 1.20 bits per heavy atom. The van der Waals surface area contributed by atoms with Gasteiger partial charge < -0.3 is 20.3 Å². The molecule has 0 aliphatic carbocycles. The molecule has 3 unspecified atom stereocenters. The van der Waals surface area contributed by atoms with Gasteiger partial charge in [-0.15, -0.1) is 0 Å². The molecule has 0 saturated carbocycles. The number of hydrogen-bond donors (Lipinski definition) is 3. The molecule has 0 aromatic rings. The number of allylic oxidation sites excluding steroid dienone is 10. The highest BCUT2D eigenvalue weighted by Crippen LogP contribution is 2.17. The van der Waals surface area contributed by atoms with Crippen LogP contribution in [0.5, 0.6) is 0 Å². The Labute approximate surface area is 403 Å². The Morgan fingerprint density at radius 1 is 0.446 bits per heavy atom. The predicted octanol–water partition coefficient (Wildman–Crippen LogP) is 17.2. The monoisotopic (exact) mass is 910 g/mol. The fourth-order valence-electron chi connectivity index (χ4n) is 8.36. The van der Waals surface area contributed by atoms with Gasteiger partial charge in [0.15, 0.2) is 0 Å². The molecule has 6 heteroatoms. The minimum atomic E-state index is -0.801. The Hall–Kier alpha value is -2.44. The zero-order valence-electron chi connectivity index (χ0n) is 43.1. The van der Waals surface area contributed by atoms with Gasteiger partial charge in [0.2, 0.25) is 5.91 Å². The second-order valence-electron chi connectivity index (χ2n) is 19.1. The Bertz CT molecular complexity index is 1160. The Kier molecular flexibility index (Phi) is 50.6. The fourth-order valence-corrected chi connectivity index (χ4v) is 8.36. The van der Waals surface area contributed by atoms with Crippen molar-refractivity contribution in [1.29, 1.82) is 0 Å². The van der Waals surface area contributed by atoms with E-state index in [1.807, 2.05) is 0 Å². The lowest BCUT2D eigenvalue weighted by atomic mass is 10.0. The highest BCUT2D eigenvalue weighted by molar-refractivity contribution is 5.77. The number of nitrogens with one attached hydrogen (secondary N) is 1. The van der Waals surface area contributed by atoms with Gasteiger partial charge in [0.05, 0.1) is 25.2 Å². The van der Waals surface area contributed by atoms with E-state index in [0.717, 1.165) is 89.9 Å². The van der Waals surface area contributed by atoms with Gasteiger partial charge in [0.25, 0.3) is 0 Å². The first-order chi connectivity index (χ1) is 32.0. The number of ether oxygens (including phenoxy) is 1. The number of esters is 1. The summed E-state index contributed by atoms with van der Waals surface area (Å²) in [5, 5.41) is 23.8. The molecule has 0 spiro atoms. The van der Waals surface area contributed by atoms with Gasteiger partial charge in [-0.05, 0) is 77.0 Å². The van der Waals surface area contributed by atoms with E-state index in [9.17, 15) is 19.8 Å². The van der Waals surface area contributed by atoms with Gasteiger partial charge in [0, 0.05) is 6.42 Å². The van der Waals surface area contributed by atoms with Gasteiger partial charge >= 0.3 is 5.97 Å². The highest BCUT2D eigenvalue weighted by Gasteiger charge is 2.24. The maximum atomic E-state index is 13.2. The molecule has 3 atom stereocenters. The number of aliphatic hydroxyl groups is 2. The molecule has 65 heavy (non-hydrogen) atoms. The number of carbonyl (C=O) groups excluding carboxylic acids is 2. The summed E-state index contributed by atoms with van der Waals surface area (Å²) in [7, 11) is 0. The molecule has 378 valence electrons. The standard InChI is InChI=1S/C59H107NO5/c1-4-7-10-13-16-19-22-25-27-29-30-32-34-37-40-43-46-49-52-59(64)65-55(50-47-44-41-38-35-33-31-28-26-23-20-17-14-11-8-5-2)53-58(63)60-56(54-61)57(62)51-48-45-42-39-36-24-21-18-15-12-9-6-3/h23,26-33,35,55-57,61-62H,4-22,24-25,34,36-54H2,1-3H3,(H,60,63)/b26-23+,29-27+,31-28+,32-30+,35-33+. The van der Waals surface area contributed by atoms with Crippen LogP contribution in [-0.4, -0.2) is 46.9 Å². The van der Waals surface area contributed by atoms with E-state index >= 15 is 0 Å². The van der Waals surface area contributed by atoms with Gasteiger partial charge in [-0.25, -0.2) is 0 Å². The molecule has 0 fully saturated rings. The molecule has 3 N–H and O–H groups in total. The number of rotatable bonds is 50. The van der Waals surface area contributed by atoms with Gasteiger partial charge in [0.1, 0.15) is 6.10 Å². The van der Waals surface area contributed by atoms with Crippen LogP contribution in [0.3, 0.4) is 0 Å². The molecular weight excluding hydrogens is 803 g/mol. The van der Waals surface area contributed by atoms with Crippen molar-refractivity contribution in [1.82, 2.24) is 5.32 Å². The molecule has 6 nitrogen and oxygen atoms in total. The molecule has 0 aromatic carbocycles. The van der Waals surface area contributed by atoms with Crippen molar-refractivity contribution >= 4 is 11.9 Å². The lowest BCUT2D eigenvalue weighted by Gasteiger charge is -2.24. The largest absolute Gasteiger partial charge is 0.462 e. The SMILES string of the molecule is CCCCCCC/C=C/C=C/C=C/CCCCCC(CC(=O)NC(CO)C(O)CCCCCCCCCCCCCC)OC(=O)CCCCCCC/C=C/C=C/CCCCCCCCC. The van der Waals surface area contributed by atoms with Crippen molar-refractivity contribution < 1.29 is 24.5 Å². The predicted molar refractivity (Wildman–Crippen MR) is 282 cm³/mol. The number of unbranched alkanes of at least 4 members (excludes halogenated alkanes) is 31. The van der Waals surface area contributed by atoms with Crippen LogP contribution in [0.25, 0.3) is 0 Å². The van der Waals surface area contributed by atoms with Crippen molar-refractivity contribution in [2.24, 2.45) is 0 Å². The molecule has 0 rings (SSSR count). The van der Waals surface area contributed by atoms with Crippen molar-refractivity contribution in [3.05, 3.63) is 60.8 Å². The number of carbonyl (C=O) groups is 2. The summed E-state index contributed by atoms with van der Waals surface area (Å²) in [6.07, 6.45) is 65.7. The Morgan fingerprint density at radius 2 is 0.785 bits per heavy atom. The quantitative estimate of drug-likeness (QED) is 0.0321. The van der Waals surface area contributed by atoms with Crippen molar-refractivity contribution in [3.63, 3.8) is 0 Å². The molecule has 0 aliphatic heterocycles. The zero-order valence-corrected chi connectivity index (χ0v) is 43.1. The van der Waals surface area contributed by atoms with Crippen LogP contribution in [0.1, 0.15) is 278 Å². The molecule has 0 radical (unpaired) electrons. The molecular formula is C59H107NO5. The smallest absolute Gasteiger partial charge is 0.306 e. The molecule has 0 saturated heterocycles. The first kappa shape index (κ1) is 62.6. The fraction of sp³-hybridized carbons (Fsp3) is 0.797. The average Bonchev–Trinajstić information content (AvgIpc) is 3.30. The summed E-state index contributed by atoms with van der Waals surface area (Å²) in [4.78, 5) is 26.2. The van der Waals surface area contributed by atoms with Crippen LogP contribution in [0.4, 0.5) is 0 Å². The second-order valence-corrected chi connectivity index (χ2v) is 19.1. The lowest BCUT2D eigenvalue weighted by molar-refractivity contribution is -0.151. The maximum absolute atomic E-state index is 13.2. The summed E-state index contributed by atoms with van der Waals surface area (Å²) < 4.78 is 5.93. The normalized spacial score (nSPS) is 13.6. The third-order valence-electron chi connectivity index (χ3n) is 12.7. The van der Waals surface area contributed by atoms with E-state index in [4.69, 9.17) is 4.74 Å². The van der Waals surface area contributed by atoms with Gasteiger partial charge in [-0.3, -0.25) is 9.59 Å². The Balaban J connectivity index is 4.66. The van der Waals surface area contributed by atoms with Crippen LogP contribution in [0.2, 0.25) is 0 Å². The molecule has 0 aliphatic rings. The minimum Gasteiger partial charge on any atom is -0.462 e. The van der Waals surface area contributed by atoms with Crippen LogP contribution < -0.4 is 5.32 Å².